The Kier molecular flexibility index (Phi) is 9.79. The van der Waals surface area contributed by atoms with Crippen molar-refractivity contribution in [3.63, 3.8) is 0 Å². The summed E-state index contributed by atoms with van der Waals surface area (Å²) < 4.78 is 29.1. The van der Waals surface area contributed by atoms with E-state index in [2.05, 4.69) is 5.32 Å². The maximum atomic E-state index is 14.2. The molecule has 0 aliphatic rings. The van der Waals surface area contributed by atoms with Gasteiger partial charge in [-0.15, -0.1) is 0 Å². The molecule has 0 saturated carbocycles. The fourth-order valence-corrected chi connectivity index (χ4v) is 5.94. The standard InChI is InChI=1S/C32H41N3O4S/c1-8-28(31(37)33-32(5,6)7)34(21-26-17-13-23(2)14-18-26)30(36)22-35(29-12-10-9-11-25(29)4)40(38,39)27-19-15-24(3)16-20-27/h9-20,28H,8,21-22H2,1-7H3,(H,33,37)/t28-/m1/s1. The number of rotatable bonds is 10. The number of amides is 2. The zero-order chi connectivity index (χ0) is 29.7. The predicted octanol–water partition coefficient (Wildman–Crippen LogP) is 5.53. The van der Waals surface area contributed by atoms with Gasteiger partial charge in [-0.2, -0.15) is 0 Å². The van der Waals surface area contributed by atoms with Crippen molar-refractivity contribution in [1.29, 1.82) is 0 Å². The number of carbonyl (C=O) groups is 2. The minimum atomic E-state index is -4.10. The molecule has 1 atom stereocenters. The molecule has 2 amide bonds. The van der Waals surface area contributed by atoms with Crippen molar-refractivity contribution in [3.8, 4) is 0 Å². The Morgan fingerprint density at radius 2 is 1.40 bits per heavy atom. The van der Waals surface area contributed by atoms with E-state index in [1.807, 2.05) is 84.9 Å². The van der Waals surface area contributed by atoms with E-state index in [0.717, 1.165) is 21.0 Å². The molecule has 0 fully saturated rings. The van der Waals surface area contributed by atoms with Gasteiger partial charge in [-0.1, -0.05) is 72.6 Å². The molecule has 0 aromatic heterocycles. The lowest BCUT2D eigenvalue weighted by atomic mass is 10.1. The van der Waals surface area contributed by atoms with Crippen LogP contribution in [-0.4, -0.2) is 43.3 Å². The minimum absolute atomic E-state index is 0.0942. The van der Waals surface area contributed by atoms with Crippen molar-refractivity contribution in [3.05, 3.63) is 95.1 Å². The van der Waals surface area contributed by atoms with Crippen LogP contribution in [0.2, 0.25) is 0 Å². The number of nitrogens with one attached hydrogen (secondary N) is 1. The zero-order valence-corrected chi connectivity index (χ0v) is 25.4. The number of aryl methyl sites for hydroxylation is 3. The van der Waals surface area contributed by atoms with Gasteiger partial charge in [0.05, 0.1) is 10.6 Å². The summed E-state index contributed by atoms with van der Waals surface area (Å²) in [7, 11) is -4.10. The SMILES string of the molecule is CC[C@H](C(=O)NC(C)(C)C)N(Cc1ccc(C)cc1)C(=O)CN(c1ccccc1C)S(=O)(=O)c1ccc(C)cc1. The van der Waals surface area contributed by atoms with Crippen LogP contribution < -0.4 is 9.62 Å². The second-order valence-electron chi connectivity index (χ2n) is 11.3. The number of hydrogen-bond acceptors (Lipinski definition) is 4. The van der Waals surface area contributed by atoms with Gasteiger partial charge >= 0.3 is 0 Å². The summed E-state index contributed by atoms with van der Waals surface area (Å²) >= 11 is 0. The molecule has 0 heterocycles. The van der Waals surface area contributed by atoms with E-state index in [1.54, 1.807) is 36.4 Å². The second kappa shape index (κ2) is 12.7. The second-order valence-corrected chi connectivity index (χ2v) is 13.1. The lowest BCUT2D eigenvalue weighted by Crippen LogP contribution is -2.55. The molecule has 0 aliphatic carbocycles. The largest absolute Gasteiger partial charge is 0.350 e. The van der Waals surface area contributed by atoms with E-state index < -0.39 is 34.1 Å². The van der Waals surface area contributed by atoms with Crippen molar-refractivity contribution in [1.82, 2.24) is 10.2 Å². The Labute approximate surface area is 239 Å². The summed E-state index contributed by atoms with van der Waals surface area (Å²) in [6.07, 6.45) is 0.370. The van der Waals surface area contributed by atoms with Crippen LogP contribution in [0.5, 0.6) is 0 Å². The number of hydrogen-bond donors (Lipinski definition) is 1. The van der Waals surface area contributed by atoms with Crippen LogP contribution in [0.25, 0.3) is 0 Å². The van der Waals surface area contributed by atoms with E-state index >= 15 is 0 Å². The Bertz CT molecular complexity index is 1430. The van der Waals surface area contributed by atoms with Crippen molar-refractivity contribution in [2.45, 2.75) is 77.9 Å². The first-order valence-corrected chi connectivity index (χ1v) is 15.0. The van der Waals surface area contributed by atoms with E-state index in [9.17, 15) is 18.0 Å². The molecule has 3 rings (SSSR count). The molecular formula is C32H41N3O4S. The van der Waals surface area contributed by atoms with Crippen molar-refractivity contribution < 1.29 is 18.0 Å². The first kappa shape index (κ1) is 30.9. The highest BCUT2D eigenvalue weighted by molar-refractivity contribution is 7.92. The maximum Gasteiger partial charge on any atom is 0.264 e. The van der Waals surface area contributed by atoms with E-state index in [4.69, 9.17) is 0 Å². The number of sulfonamides is 1. The van der Waals surface area contributed by atoms with Gasteiger partial charge in [0.1, 0.15) is 12.6 Å². The third-order valence-electron chi connectivity index (χ3n) is 6.63. The molecule has 0 unspecified atom stereocenters. The third kappa shape index (κ3) is 7.72. The molecule has 214 valence electrons. The van der Waals surface area contributed by atoms with Gasteiger partial charge in [0.2, 0.25) is 11.8 Å². The first-order chi connectivity index (χ1) is 18.7. The van der Waals surface area contributed by atoms with Crippen molar-refractivity contribution in [2.24, 2.45) is 0 Å². The molecule has 7 nitrogen and oxygen atoms in total. The van der Waals surface area contributed by atoms with Gasteiger partial charge in [0, 0.05) is 12.1 Å². The summed E-state index contributed by atoms with van der Waals surface area (Å²) in [5.74, 6) is -0.741. The topological polar surface area (TPSA) is 86.8 Å². The Morgan fingerprint density at radius 1 is 0.850 bits per heavy atom. The molecule has 1 N–H and O–H groups in total. The average Bonchev–Trinajstić information content (AvgIpc) is 2.88. The highest BCUT2D eigenvalue weighted by atomic mass is 32.2. The smallest absolute Gasteiger partial charge is 0.264 e. The summed E-state index contributed by atoms with van der Waals surface area (Å²) in [5.41, 5.74) is 3.49. The van der Waals surface area contributed by atoms with Crippen LogP contribution in [-0.2, 0) is 26.2 Å². The van der Waals surface area contributed by atoms with Crippen LogP contribution in [0.3, 0.4) is 0 Å². The molecule has 3 aromatic rings. The van der Waals surface area contributed by atoms with Crippen LogP contribution in [0, 0.1) is 20.8 Å². The first-order valence-electron chi connectivity index (χ1n) is 13.5. The fraction of sp³-hybridized carbons (Fsp3) is 0.375. The molecule has 0 saturated heterocycles. The maximum absolute atomic E-state index is 14.2. The van der Waals surface area contributed by atoms with Crippen molar-refractivity contribution in [2.75, 3.05) is 10.8 Å². The number of benzene rings is 3. The number of carbonyl (C=O) groups excluding carboxylic acids is 2. The quantitative estimate of drug-likeness (QED) is 0.352. The van der Waals surface area contributed by atoms with Gasteiger partial charge in [-0.05, 0) is 77.3 Å². The molecule has 40 heavy (non-hydrogen) atoms. The normalized spacial score (nSPS) is 12.5. The Balaban J connectivity index is 2.08. The van der Waals surface area contributed by atoms with Crippen molar-refractivity contribution >= 4 is 27.5 Å². The van der Waals surface area contributed by atoms with Crippen LogP contribution >= 0.6 is 0 Å². The molecular weight excluding hydrogens is 522 g/mol. The Hall–Kier alpha value is -3.65. The lowest BCUT2D eigenvalue weighted by Gasteiger charge is -2.35. The minimum Gasteiger partial charge on any atom is -0.350 e. The van der Waals surface area contributed by atoms with Gasteiger partial charge in [-0.3, -0.25) is 13.9 Å². The summed E-state index contributed by atoms with van der Waals surface area (Å²) in [5, 5.41) is 2.99. The van der Waals surface area contributed by atoms with E-state index in [1.165, 1.54) is 4.90 Å². The molecule has 0 spiro atoms. The van der Waals surface area contributed by atoms with Crippen LogP contribution in [0.1, 0.15) is 56.4 Å². The van der Waals surface area contributed by atoms with Gasteiger partial charge in [0.25, 0.3) is 10.0 Å². The molecule has 3 aromatic carbocycles. The monoisotopic (exact) mass is 563 g/mol. The number of nitrogens with zero attached hydrogens (tertiary/aromatic N) is 2. The summed E-state index contributed by atoms with van der Waals surface area (Å²) in [4.78, 5) is 29.2. The zero-order valence-electron chi connectivity index (χ0n) is 24.6. The number of para-hydroxylation sites is 1. The lowest BCUT2D eigenvalue weighted by molar-refractivity contribution is -0.141. The molecule has 0 radical (unpaired) electrons. The van der Waals surface area contributed by atoms with Crippen LogP contribution in [0.4, 0.5) is 5.69 Å². The fourth-order valence-electron chi connectivity index (χ4n) is 4.46. The van der Waals surface area contributed by atoms with E-state index in [0.29, 0.717) is 17.7 Å². The van der Waals surface area contributed by atoms with Gasteiger partial charge < -0.3 is 10.2 Å². The number of anilines is 1. The van der Waals surface area contributed by atoms with Gasteiger partial charge in [-0.25, -0.2) is 8.42 Å². The van der Waals surface area contributed by atoms with Gasteiger partial charge in [0.15, 0.2) is 0 Å². The molecule has 8 heteroatoms. The molecule has 0 bridgehead atoms. The van der Waals surface area contributed by atoms with E-state index in [-0.39, 0.29) is 17.3 Å². The average molecular weight is 564 g/mol. The molecule has 0 aliphatic heterocycles. The summed E-state index contributed by atoms with van der Waals surface area (Å²) in [6, 6.07) is 20.6. The highest BCUT2D eigenvalue weighted by Crippen LogP contribution is 2.28. The Morgan fingerprint density at radius 3 is 1.93 bits per heavy atom. The predicted molar refractivity (Wildman–Crippen MR) is 161 cm³/mol. The van der Waals surface area contributed by atoms with Crippen LogP contribution in [0.15, 0.2) is 77.7 Å². The highest BCUT2D eigenvalue weighted by Gasteiger charge is 2.35. The summed E-state index contributed by atoms with van der Waals surface area (Å²) in [6.45, 7) is 12.9. The third-order valence-corrected chi connectivity index (χ3v) is 8.40.